The molecule has 0 spiro atoms. The van der Waals surface area contributed by atoms with Crippen LogP contribution in [0.2, 0.25) is 0 Å². The fraction of sp³-hybridized carbons (Fsp3) is 0.207. The van der Waals surface area contributed by atoms with E-state index in [0.29, 0.717) is 22.0 Å². The van der Waals surface area contributed by atoms with Crippen LogP contribution in [-0.4, -0.2) is 34.1 Å². The first kappa shape index (κ1) is 26.1. The van der Waals surface area contributed by atoms with Crippen molar-refractivity contribution in [3.63, 3.8) is 0 Å². The quantitative estimate of drug-likeness (QED) is 0.276. The third-order valence-electron chi connectivity index (χ3n) is 6.74. The van der Waals surface area contributed by atoms with Gasteiger partial charge in [0.15, 0.2) is 11.6 Å². The summed E-state index contributed by atoms with van der Waals surface area (Å²) >= 11 is 0. The van der Waals surface area contributed by atoms with Crippen LogP contribution in [0.1, 0.15) is 35.2 Å². The molecular formula is C29H22F4N2O4. The highest BCUT2D eigenvalue weighted by molar-refractivity contribution is 5.99. The number of carboxylic acids is 1. The van der Waals surface area contributed by atoms with Crippen LogP contribution < -0.4 is 10.1 Å². The van der Waals surface area contributed by atoms with Gasteiger partial charge in [0, 0.05) is 35.2 Å². The van der Waals surface area contributed by atoms with Gasteiger partial charge in [-0.2, -0.15) is 0 Å². The smallest absolute Gasteiger partial charge is 0.326 e. The van der Waals surface area contributed by atoms with E-state index in [1.807, 2.05) is 0 Å². The van der Waals surface area contributed by atoms with Crippen LogP contribution in [0.3, 0.4) is 0 Å². The topological polar surface area (TPSA) is 88.5 Å². The minimum absolute atomic E-state index is 0.105. The van der Waals surface area contributed by atoms with Gasteiger partial charge in [0.25, 0.3) is 5.91 Å². The number of hydrogen-bond acceptors (Lipinski definition) is 4. The van der Waals surface area contributed by atoms with Crippen molar-refractivity contribution < 1.29 is 37.0 Å². The normalized spacial score (nSPS) is 14.1. The van der Waals surface area contributed by atoms with E-state index in [-0.39, 0.29) is 23.8 Å². The second-order valence-electron chi connectivity index (χ2n) is 9.27. The van der Waals surface area contributed by atoms with Crippen LogP contribution in [0.25, 0.3) is 22.0 Å². The van der Waals surface area contributed by atoms with Crippen molar-refractivity contribution in [3.8, 4) is 16.9 Å². The number of carbonyl (C=O) groups is 2. The molecule has 4 aromatic rings. The van der Waals surface area contributed by atoms with Gasteiger partial charge in [0.05, 0.1) is 11.6 Å². The second kappa shape index (κ2) is 10.7. The Morgan fingerprint density at radius 3 is 2.33 bits per heavy atom. The summed E-state index contributed by atoms with van der Waals surface area (Å²) in [6.45, 7) is 0. The molecule has 39 heavy (non-hydrogen) atoms. The Labute approximate surface area is 220 Å². The number of amides is 1. The van der Waals surface area contributed by atoms with Crippen LogP contribution in [-0.2, 0) is 11.2 Å². The van der Waals surface area contributed by atoms with E-state index in [0.717, 1.165) is 49.6 Å². The van der Waals surface area contributed by atoms with Gasteiger partial charge in [-0.15, -0.1) is 0 Å². The molecule has 1 amide bonds. The SMILES string of the molecule is O=C(N[C@@H](Cc1ccc(-c2cc(F)c(F)cc2OC2CCC2)c2ncccc12)C(=O)O)c1c(F)cccc1F. The molecule has 5 rings (SSSR count). The zero-order valence-corrected chi connectivity index (χ0v) is 20.4. The summed E-state index contributed by atoms with van der Waals surface area (Å²) in [7, 11) is 0. The lowest BCUT2D eigenvalue weighted by atomic mass is 9.93. The summed E-state index contributed by atoms with van der Waals surface area (Å²) in [5.74, 6) is -6.82. The molecule has 1 atom stereocenters. The van der Waals surface area contributed by atoms with Gasteiger partial charge in [-0.05, 0) is 49.1 Å². The lowest BCUT2D eigenvalue weighted by Crippen LogP contribution is -2.43. The number of hydrogen-bond donors (Lipinski definition) is 2. The lowest BCUT2D eigenvalue weighted by molar-refractivity contribution is -0.139. The van der Waals surface area contributed by atoms with E-state index < -0.39 is 46.8 Å². The number of fused-ring (bicyclic) bond motifs is 1. The first-order valence-corrected chi connectivity index (χ1v) is 12.2. The highest BCUT2D eigenvalue weighted by Gasteiger charge is 2.27. The third kappa shape index (κ3) is 5.27. The molecule has 2 N–H and O–H groups in total. The number of nitrogens with zero attached hydrogens (tertiary/aromatic N) is 1. The van der Waals surface area contributed by atoms with Crippen LogP contribution >= 0.6 is 0 Å². The zero-order chi connectivity index (χ0) is 27.7. The van der Waals surface area contributed by atoms with Gasteiger partial charge in [0.1, 0.15) is 29.0 Å². The predicted octanol–water partition coefficient (Wildman–Crippen LogP) is 5.82. The van der Waals surface area contributed by atoms with Crippen molar-refractivity contribution in [2.24, 2.45) is 0 Å². The summed E-state index contributed by atoms with van der Waals surface area (Å²) in [6, 6.07) is 9.85. The van der Waals surface area contributed by atoms with E-state index in [9.17, 15) is 32.3 Å². The van der Waals surface area contributed by atoms with E-state index in [1.54, 1.807) is 24.3 Å². The molecule has 1 aliphatic rings. The van der Waals surface area contributed by atoms with Crippen molar-refractivity contribution in [2.45, 2.75) is 37.8 Å². The maximum Gasteiger partial charge on any atom is 0.326 e. The monoisotopic (exact) mass is 538 g/mol. The molecule has 0 unspecified atom stereocenters. The average Bonchev–Trinajstić information content (AvgIpc) is 2.87. The van der Waals surface area contributed by atoms with Crippen molar-refractivity contribution in [2.75, 3.05) is 0 Å². The fourth-order valence-electron chi connectivity index (χ4n) is 4.50. The number of rotatable bonds is 8. The molecule has 1 fully saturated rings. The first-order valence-electron chi connectivity index (χ1n) is 12.2. The molecular weight excluding hydrogens is 516 g/mol. The molecule has 0 aliphatic heterocycles. The molecule has 10 heteroatoms. The summed E-state index contributed by atoms with van der Waals surface area (Å²) in [4.78, 5) is 29.0. The number of carbonyl (C=O) groups excluding carboxylic acids is 1. The third-order valence-corrected chi connectivity index (χ3v) is 6.74. The summed E-state index contributed by atoms with van der Waals surface area (Å²) in [6.07, 6.45) is 3.73. The maximum atomic E-state index is 14.3. The Balaban J connectivity index is 1.51. The van der Waals surface area contributed by atoms with Gasteiger partial charge in [0.2, 0.25) is 0 Å². The minimum atomic E-state index is -1.54. The Morgan fingerprint density at radius 2 is 1.67 bits per heavy atom. The molecule has 0 saturated heterocycles. The van der Waals surface area contributed by atoms with Crippen molar-refractivity contribution in [1.29, 1.82) is 0 Å². The number of carboxylic acid groups (broad SMARTS) is 1. The van der Waals surface area contributed by atoms with Crippen LogP contribution in [0.15, 0.2) is 60.8 Å². The Bertz CT molecular complexity index is 1570. The number of benzene rings is 3. The van der Waals surface area contributed by atoms with Gasteiger partial charge < -0.3 is 15.2 Å². The summed E-state index contributed by atoms with van der Waals surface area (Å²) < 4.78 is 62.5. The standard InChI is InChI=1S/C29H22F4N2O4/c30-20-7-2-8-21(31)26(20)28(36)35-24(29(37)38)12-15-9-10-18(27-17(15)6-3-11-34-27)19-13-22(32)23(33)14-25(19)39-16-4-1-5-16/h2-3,6-11,13-14,16,24H,1,4-5,12H2,(H,35,36)(H,37,38)/t24-/m0/s1. The van der Waals surface area contributed by atoms with E-state index in [4.69, 9.17) is 4.74 Å². The van der Waals surface area contributed by atoms with Crippen molar-refractivity contribution in [3.05, 3.63) is 95.2 Å². The fourth-order valence-corrected chi connectivity index (χ4v) is 4.50. The Kier molecular flexibility index (Phi) is 7.19. The number of aliphatic carboxylic acids is 1. The lowest BCUT2D eigenvalue weighted by Gasteiger charge is -2.27. The summed E-state index contributed by atoms with van der Waals surface area (Å²) in [5, 5.41) is 12.4. The van der Waals surface area contributed by atoms with Crippen molar-refractivity contribution >= 4 is 22.8 Å². The molecule has 0 radical (unpaired) electrons. The van der Waals surface area contributed by atoms with Crippen molar-refractivity contribution in [1.82, 2.24) is 10.3 Å². The van der Waals surface area contributed by atoms with Gasteiger partial charge in [-0.1, -0.05) is 24.3 Å². The van der Waals surface area contributed by atoms with E-state index in [1.165, 1.54) is 6.20 Å². The molecule has 1 aromatic heterocycles. The zero-order valence-electron chi connectivity index (χ0n) is 20.4. The molecule has 6 nitrogen and oxygen atoms in total. The molecule has 1 aliphatic carbocycles. The number of ether oxygens (including phenoxy) is 1. The molecule has 1 heterocycles. The van der Waals surface area contributed by atoms with E-state index >= 15 is 0 Å². The number of nitrogens with one attached hydrogen (secondary N) is 1. The van der Waals surface area contributed by atoms with Gasteiger partial charge in [-0.25, -0.2) is 22.4 Å². The maximum absolute atomic E-state index is 14.3. The largest absolute Gasteiger partial charge is 0.490 e. The predicted molar refractivity (Wildman–Crippen MR) is 134 cm³/mol. The first-order chi connectivity index (χ1) is 18.7. The number of pyridine rings is 1. The number of halogens is 4. The van der Waals surface area contributed by atoms with Gasteiger partial charge in [-0.3, -0.25) is 9.78 Å². The minimum Gasteiger partial charge on any atom is -0.490 e. The van der Waals surface area contributed by atoms with Crippen LogP contribution in [0.5, 0.6) is 5.75 Å². The Morgan fingerprint density at radius 1 is 0.949 bits per heavy atom. The molecule has 0 bridgehead atoms. The summed E-state index contributed by atoms with van der Waals surface area (Å²) in [5.41, 5.74) is 0.659. The molecule has 1 saturated carbocycles. The van der Waals surface area contributed by atoms with Gasteiger partial charge >= 0.3 is 5.97 Å². The van der Waals surface area contributed by atoms with Crippen LogP contribution in [0, 0.1) is 23.3 Å². The molecule has 200 valence electrons. The number of aromatic nitrogens is 1. The average molecular weight is 538 g/mol. The second-order valence-corrected chi connectivity index (χ2v) is 9.27. The Hall–Kier alpha value is -4.47. The van der Waals surface area contributed by atoms with E-state index in [2.05, 4.69) is 10.3 Å². The highest BCUT2D eigenvalue weighted by atomic mass is 19.2. The molecule has 3 aromatic carbocycles. The highest BCUT2D eigenvalue weighted by Crippen LogP contribution is 2.39. The van der Waals surface area contributed by atoms with Crippen LogP contribution in [0.4, 0.5) is 17.6 Å².